The largest absolute Gasteiger partial charge is 0.463 e. The van der Waals surface area contributed by atoms with Gasteiger partial charge in [0.25, 0.3) is 0 Å². The molecular weight excluding hydrogens is 293 g/mol. The van der Waals surface area contributed by atoms with Crippen molar-refractivity contribution in [1.82, 2.24) is 5.32 Å². The molecule has 0 saturated carbocycles. The second-order valence-electron chi connectivity index (χ2n) is 6.38. The molecule has 4 heteroatoms. The Morgan fingerprint density at radius 2 is 2.13 bits per heavy atom. The van der Waals surface area contributed by atoms with Crippen LogP contribution in [0, 0.1) is 11.8 Å². The van der Waals surface area contributed by atoms with Gasteiger partial charge in [0.15, 0.2) is 0 Å². The number of nitrogens with one attached hydrogen (secondary N) is 1. The van der Waals surface area contributed by atoms with Gasteiger partial charge in [-0.3, -0.25) is 0 Å². The molecule has 0 fully saturated rings. The van der Waals surface area contributed by atoms with Gasteiger partial charge in [-0.2, -0.15) is 0 Å². The molecule has 1 heterocycles. The number of carbonyl (C=O) groups is 1. The first-order valence-corrected chi connectivity index (χ1v) is 8.24. The van der Waals surface area contributed by atoms with Crippen molar-refractivity contribution in [2.45, 2.75) is 47.2 Å². The fraction of sp³-hybridized carbons (Fsp3) is 0.526. The maximum atomic E-state index is 13.4. The highest BCUT2D eigenvalue weighted by atomic mass is 19.1. The number of halogens is 1. The van der Waals surface area contributed by atoms with Crippen molar-refractivity contribution in [2.75, 3.05) is 6.61 Å². The molecule has 0 bridgehead atoms. The molecule has 126 valence electrons. The van der Waals surface area contributed by atoms with Crippen molar-refractivity contribution in [2.24, 2.45) is 11.8 Å². The summed E-state index contributed by atoms with van der Waals surface area (Å²) in [6, 6.07) is 0. The van der Waals surface area contributed by atoms with E-state index in [9.17, 15) is 9.18 Å². The van der Waals surface area contributed by atoms with Crippen molar-refractivity contribution in [3.63, 3.8) is 0 Å². The molecule has 0 radical (unpaired) electrons. The van der Waals surface area contributed by atoms with Gasteiger partial charge in [0.2, 0.25) is 0 Å². The molecule has 2 atom stereocenters. The lowest BCUT2D eigenvalue weighted by Gasteiger charge is -2.33. The normalized spacial score (nSPS) is 24.7. The van der Waals surface area contributed by atoms with E-state index in [0.717, 1.165) is 22.5 Å². The first-order chi connectivity index (χ1) is 10.9. The van der Waals surface area contributed by atoms with Gasteiger partial charge in [0.05, 0.1) is 12.2 Å². The van der Waals surface area contributed by atoms with E-state index in [1.165, 1.54) is 0 Å². The van der Waals surface area contributed by atoms with Crippen LogP contribution in [0.25, 0.3) is 0 Å². The smallest absolute Gasteiger partial charge is 0.336 e. The van der Waals surface area contributed by atoms with E-state index in [-0.39, 0.29) is 17.8 Å². The first kappa shape index (κ1) is 17.5. The SMILES string of the molecule is CCOC(=O)C1=C(C(C)C)NC(C)=C(C)C1C1=CCC(F)C=C1. The average molecular weight is 319 g/mol. The lowest BCUT2D eigenvalue weighted by Crippen LogP contribution is -2.33. The molecule has 1 aliphatic heterocycles. The molecule has 2 unspecified atom stereocenters. The minimum absolute atomic E-state index is 0.169. The molecule has 1 N–H and O–H groups in total. The molecule has 0 aromatic carbocycles. The molecule has 0 spiro atoms. The van der Waals surface area contributed by atoms with Gasteiger partial charge in [-0.05, 0) is 37.8 Å². The number of rotatable bonds is 4. The molecule has 2 rings (SSSR count). The lowest BCUT2D eigenvalue weighted by atomic mass is 9.77. The molecule has 23 heavy (non-hydrogen) atoms. The van der Waals surface area contributed by atoms with Crippen molar-refractivity contribution in [1.29, 1.82) is 0 Å². The van der Waals surface area contributed by atoms with Gasteiger partial charge in [-0.25, -0.2) is 9.18 Å². The summed E-state index contributed by atoms with van der Waals surface area (Å²) in [6.45, 7) is 10.3. The highest BCUT2D eigenvalue weighted by Gasteiger charge is 2.35. The number of hydrogen-bond acceptors (Lipinski definition) is 3. The Kier molecular flexibility index (Phi) is 5.45. The summed E-state index contributed by atoms with van der Waals surface area (Å²) >= 11 is 0. The maximum absolute atomic E-state index is 13.4. The standard InChI is InChI=1S/C19H26FNO2/c1-6-23-19(22)17-16(14-7-9-15(20)10-8-14)12(4)13(5)21-18(17)11(2)3/h7-9,11,15-16,21H,6,10H2,1-5H3. The fourth-order valence-electron chi connectivity index (χ4n) is 3.09. The maximum Gasteiger partial charge on any atom is 0.336 e. The van der Waals surface area contributed by atoms with Gasteiger partial charge in [-0.1, -0.05) is 32.1 Å². The number of esters is 1. The molecule has 2 aliphatic rings. The summed E-state index contributed by atoms with van der Waals surface area (Å²) in [4.78, 5) is 12.6. The molecule has 0 aromatic heterocycles. The van der Waals surface area contributed by atoms with Gasteiger partial charge in [0.1, 0.15) is 6.17 Å². The summed E-state index contributed by atoms with van der Waals surface area (Å²) in [5.74, 6) is -0.296. The first-order valence-electron chi connectivity index (χ1n) is 8.24. The van der Waals surface area contributed by atoms with Gasteiger partial charge in [-0.15, -0.1) is 0 Å². The summed E-state index contributed by atoms with van der Waals surface area (Å²) in [5.41, 5.74) is 4.64. The van der Waals surface area contributed by atoms with Crippen LogP contribution < -0.4 is 5.32 Å². The van der Waals surface area contributed by atoms with Crippen molar-refractivity contribution >= 4 is 5.97 Å². The molecule has 0 aromatic rings. The van der Waals surface area contributed by atoms with Crippen molar-refractivity contribution < 1.29 is 13.9 Å². The third kappa shape index (κ3) is 3.57. The highest BCUT2D eigenvalue weighted by molar-refractivity contribution is 5.92. The summed E-state index contributed by atoms with van der Waals surface area (Å²) in [5, 5.41) is 3.37. The van der Waals surface area contributed by atoms with Crippen LogP contribution in [0.1, 0.15) is 41.0 Å². The fourth-order valence-corrected chi connectivity index (χ4v) is 3.09. The van der Waals surface area contributed by atoms with E-state index in [1.54, 1.807) is 19.1 Å². The minimum Gasteiger partial charge on any atom is -0.463 e. The minimum atomic E-state index is -0.939. The molecule has 3 nitrogen and oxygen atoms in total. The lowest BCUT2D eigenvalue weighted by molar-refractivity contribution is -0.139. The highest BCUT2D eigenvalue weighted by Crippen LogP contribution is 2.39. The second-order valence-corrected chi connectivity index (χ2v) is 6.38. The third-order valence-corrected chi connectivity index (χ3v) is 4.41. The van der Waals surface area contributed by atoms with Crippen LogP contribution in [0.15, 0.2) is 46.3 Å². The average Bonchev–Trinajstić information content (AvgIpc) is 2.50. The number of allylic oxidation sites excluding steroid dienone is 7. The Hall–Kier alpha value is -1.84. The topological polar surface area (TPSA) is 38.3 Å². The molecular formula is C19H26FNO2. The molecule has 1 aliphatic carbocycles. The van der Waals surface area contributed by atoms with Crippen molar-refractivity contribution in [3.8, 4) is 0 Å². The van der Waals surface area contributed by atoms with E-state index < -0.39 is 6.17 Å². The Labute approximate surface area is 138 Å². The van der Waals surface area contributed by atoms with Crippen LogP contribution in [-0.2, 0) is 9.53 Å². The van der Waals surface area contributed by atoms with E-state index in [4.69, 9.17) is 4.74 Å². The summed E-state index contributed by atoms with van der Waals surface area (Å²) in [6.07, 6.45) is 4.69. The molecule has 0 amide bonds. The predicted octanol–water partition coefficient (Wildman–Crippen LogP) is 4.20. The number of ether oxygens (including phenoxy) is 1. The number of dihydropyridines is 1. The molecule has 0 saturated heterocycles. The van der Waals surface area contributed by atoms with Crippen molar-refractivity contribution in [3.05, 3.63) is 46.3 Å². The summed E-state index contributed by atoms with van der Waals surface area (Å²) in [7, 11) is 0. The Morgan fingerprint density at radius 1 is 1.43 bits per heavy atom. The van der Waals surface area contributed by atoms with Crippen LogP contribution in [0.5, 0.6) is 0 Å². The van der Waals surface area contributed by atoms with Gasteiger partial charge >= 0.3 is 5.97 Å². The quantitative estimate of drug-likeness (QED) is 0.789. The van der Waals surface area contributed by atoms with E-state index in [0.29, 0.717) is 18.6 Å². The predicted molar refractivity (Wildman–Crippen MR) is 90.2 cm³/mol. The summed E-state index contributed by atoms with van der Waals surface area (Å²) < 4.78 is 18.7. The Morgan fingerprint density at radius 3 is 2.65 bits per heavy atom. The zero-order valence-electron chi connectivity index (χ0n) is 14.6. The van der Waals surface area contributed by atoms with E-state index in [1.807, 2.05) is 19.9 Å². The number of hydrogen-bond donors (Lipinski definition) is 1. The van der Waals surface area contributed by atoms with Gasteiger partial charge in [0, 0.05) is 23.7 Å². The van der Waals surface area contributed by atoms with Crippen LogP contribution in [0.3, 0.4) is 0 Å². The van der Waals surface area contributed by atoms with Crippen LogP contribution >= 0.6 is 0 Å². The van der Waals surface area contributed by atoms with E-state index >= 15 is 0 Å². The van der Waals surface area contributed by atoms with Crippen LogP contribution in [-0.4, -0.2) is 18.7 Å². The number of carbonyl (C=O) groups excluding carboxylic acids is 1. The number of alkyl halides is 1. The van der Waals surface area contributed by atoms with Gasteiger partial charge < -0.3 is 10.1 Å². The van der Waals surface area contributed by atoms with E-state index in [2.05, 4.69) is 19.2 Å². The zero-order valence-corrected chi connectivity index (χ0v) is 14.6. The Balaban J connectivity index is 2.54. The van der Waals surface area contributed by atoms with Crippen LogP contribution in [0.4, 0.5) is 4.39 Å². The third-order valence-electron chi connectivity index (χ3n) is 4.41. The zero-order chi connectivity index (χ0) is 17.1. The Bertz CT molecular complexity index is 611. The second kappa shape index (κ2) is 7.16. The van der Waals surface area contributed by atoms with Crippen LogP contribution in [0.2, 0.25) is 0 Å². The monoisotopic (exact) mass is 319 g/mol.